The van der Waals surface area contributed by atoms with Gasteiger partial charge in [0.15, 0.2) is 0 Å². The molecule has 0 amide bonds. The zero-order valence-corrected chi connectivity index (χ0v) is 16.4. The van der Waals surface area contributed by atoms with Gasteiger partial charge in [0.25, 0.3) is 5.56 Å². The first-order valence-electron chi connectivity index (χ1n) is 8.97. The second-order valence-electron chi connectivity index (χ2n) is 6.86. The smallest absolute Gasteiger partial charge is 0.290 e. The first-order valence-corrected chi connectivity index (χ1v) is 9.79. The van der Waals surface area contributed by atoms with Crippen molar-refractivity contribution in [2.75, 3.05) is 11.9 Å². The Morgan fingerprint density at radius 3 is 2.93 bits per heavy atom. The van der Waals surface area contributed by atoms with E-state index in [4.69, 9.17) is 4.74 Å². The van der Waals surface area contributed by atoms with Gasteiger partial charge < -0.3 is 10.1 Å². The van der Waals surface area contributed by atoms with Crippen molar-refractivity contribution in [2.45, 2.75) is 25.8 Å². The van der Waals surface area contributed by atoms with Crippen molar-refractivity contribution in [2.24, 2.45) is 13.0 Å². The summed E-state index contributed by atoms with van der Waals surface area (Å²) in [4.78, 5) is 21.8. The molecule has 1 fully saturated rings. The number of rotatable bonds is 7. The number of hydrogen-bond donors (Lipinski definition) is 1. The van der Waals surface area contributed by atoms with E-state index in [2.05, 4.69) is 20.4 Å². The molecule has 28 heavy (non-hydrogen) atoms. The molecule has 1 saturated carbocycles. The summed E-state index contributed by atoms with van der Waals surface area (Å²) in [5.74, 6) is 0.641. The lowest BCUT2D eigenvalue weighted by Crippen LogP contribution is -2.24. The molecule has 0 spiro atoms. The fourth-order valence-corrected chi connectivity index (χ4v) is 3.75. The van der Waals surface area contributed by atoms with Gasteiger partial charge in [-0.25, -0.2) is 14.1 Å². The Kier molecular flexibility index (Phi) is 5.08. The first-order chi connectivity index (χ1) is 13.5. The van der Waals surface area contributed by atoms with Crippen LogP contribution in [-0.4, -0.2) is 26.4 Å². The van der Waals surface area contributed by atoms with Crippen molar-refractivity contribution >= 4 is 17.0 Å². The summed E-state index contributed by atoms with van der Waals surface area (Å²) in [6.07, 6.45) is 3.99. The number of pyridine rings is 1. The number of ether oxygens (including phenoxy) is 1. The van der Waals surface area contributed by atoms with E-state index in [1.165, 1.54) is 16.9 Å². The van der Waals surface area contributed by atoms with Crippen molar-refractivity contribution < 1.29 is 9.13 Å². The van der Waals surface area contributed by atoms with Crippen LogP contribution in [-0.2, 0) is 13.6 Å². The van der Waals surface area contributed by atoms with Crippen LogP contribution in [0.4, 0.5) is 10.1 Å². The van der Waals surface area contributed by atoms with Crippen LogP contribution in [0.25, 0.3) is 0 Å². The van der Waals surface area contributed by atoms with Crippen molar-refractivity contribution in [3.63, 3.8) is 0 Å². The van der Waals surface area contributed by atoms with Crippen LogP contribution in [0.15, 0.2) is 35.4 Å². The zero-order chi connectivity index (χ0) is 19.7. The Labute approximate surface area is 165 Å². The first kappa shape index (κ1) is 18.5. The molecule has 0 radical (unpaired) electrons. The van der Waals surface area contributed by atoms with E-state index < -0.39 is 0 Å². The van der Waals surface area contributed by atoms with Crippen LogP contribution in [0.1, 0.15) is 27.9 Å². The molecule has 3 aromatic rings. The number of anilines is 1. The minimum atomic E-state index is -0.334. The SMILES string of the molecule is Cc1cnc(CNc2cc(OC[C@H]3C[C@@H]3c3ccc(F)cn3)nn(C)c2=O)s1. The van der Waals surface area contributed by atoms with E-state index in [1.54, 1.807) is 30.5 Å². The monoisotopic (exact) mass is 401 g/mol. The number of nitrogens with one attached hydrogen (secondary N) is 1. The maximum absolute atomic E-state index is 13.0. The minimum absolute atomic E-state index is 0.222. The molecule has 2 atom stereocenters. The van der Waals surface area contributed by atoms with Gasteiger partial charge in [-0.05, 0) is 25.5 Å². The van der Waals surface area contributed by atoms with Crippen molar-refractivity contribution in [3.05, 3.63) is 62.3 Å². The van der Waals surface area contributed by atoms with Gasteiger partial charge in [0.2, 0.25) is 5.88 Å². The van der Waals surface area contributed by atoms with Gasteiger partial charge in [0.1, 0.15) is 16.5 Å². The Bertz CT molecular complexity index is 1030. The number of aryl methyl sites for hydroxylation is 2. The molecule has 1 aliphatic rings. The van der Waals surface area contributed by atoms with E-state index in [-0.39, 0.29) is 17.3 Å². The highest BCUT2D eigenvalue weighted by Gasteiger charge is 2.40. The third-order valence-electron chi connectivity index (χ3n) is 4.64. The average molecular weight is 401 g/mol. The molecule has 0 unspecified atom stereocenters. The Morgan fingerprint density at radius 1 is 1.36 bits per heavy atom. The highest BCUT2D eigenvalue weighted by molar-refractivity contribution is 7.11. The summed E-state index contributed by atoms with van der Waals surface area (Å²) in [6, 6.07) is 4.76. The maximum Gasteiger partial charge on any atom is 0.290 e. The molecule has 1 aliphatic carbocycles. The standard InChI is InChI=1S/C19H20FN5O2S/c1-11-7-23-18(28-11)9-22-16-6-17(24-25(2)19(16)26)27-10-12-5-14(12)15-4-3-13(20)8-21-15/h3-4,6-8,12,14,22H,5,9-10H2,1-2H3/t12-,14+/m1/s1. The van der Waals surface area contributed by atoms with Crippen LogP contribution in [0.5, 0.6) is 5.88 Å². The second-order valence-corrected chi connectivity index (χ2v) is 8.18. The highest BCUT2D eigenvalue weighted by Crippen LogP contribution is 2.46. The van der Waals surface area contributed by atoms with Crippen molar-refractivity contribution in [3.8, 4) is 5.88 Å². The molecule has 0 aromatic carbocycles. The van der Waals surface area contributed by atoms with E-state index in [1.807, 2.05) is 13.1 Å². The molecular formula is C19H20FN5O2S. The number of halogens is 1. The van der Waals surface area contributed by atoms with Crippen LogP contribution in [0, 0.1) is 18.7 Å². The molecule has 7 nitrogen and oxygen atoms in total. The number of aromatic nitrogens is 4. The number of hydrogen-bond acceptors (Lipinski definition) is 7. The molecule has 0 aliphatic heterocycles. The normalized spacial score (nSPS) is 18.1. The largest absolute Gasteiger partial charge is 0.476 e. The van der Waals surface area contributed by atoms with Gasteiger partial charge in [0, 0.05) is 41.7 Å². The van der Waals surface area contributed by atoms with E-state index in [0.29, 0.717) is 30.6 Å². The van der Waals surface area contributed by atoms with Gasteiger partial charge in [-0.15, -0.1) is 16.4 Å². The quantitative estimate of drug-likeness (QED) is 0.656. The minimum Gasteiger partial charge on any atom is -0.476 e. The van der Waals surface area contributed by atoms with Crippen LogP contribution in [0.2, 0.25) is 0 Å². The van der Waals surface area contributed by atoms with E-state index in [9.17, 15) is 9.18 Å². The van der Waals surface area contributed by atoms with Crippen molar-refractivity contribution in [1.29, 1.82) is 0 Å². The van der Waals surface area contributed by atoms with Gasteiger partial charge in [-0.2, -0.15) is 0 Å². The predicted molar refractivity (Wildman–Crippen MR) is 104 cm³/mol. The topological polar surface area (TPSA) is 81.9 Å². The van der Waals surface area contributed by atoms with Gasteiger partial charge >= 0.3 is 0 Å². The average Bonchev–Trinajstić information content (AvgIpc) is 3.34. The second kappa shape index (κ2) is 7.67. The summed E-state index contributed by atoms with van der Waals surface area (Å²) in [5, 5.41) is 8.19. The fourth-order valence-electron chi connectivity index (χ4n) is 3.03. The van der Waals surface area contributed by atoms with Crippen LogP contribution < -0.4 is 15.6 Å². The van der Waals surface area contributed by atoms with E-state index in [0.717, 1.165) is 22.0 Å². The highest BCUT2D eigenvalue weighted by atomic mass is 32.1. The summed E-state index contributed by atoms with van der Waals surface area (Å²) in [7, 11) is 1.59. The Hall–Kier alpha value is -2.81. The van der Waals surface area contributed by atoms with Crippen LogP contribution >= 0.6 is 11.3 Å². The Balaban J connectivity index is 1.37. The van der Waals surface area contributed by atoms with E-state index >= 15 is 0 Å². The molecule has 3 heterocycles. The molecule has 4 rings (SSSR count). The molecule has 0 saturated heterocycles. The van der Waals surface area contributed by atoms with Crippen molar-refractivity contribution in [1.82, 2.24) is 19.7 Å². The number of nitrogens with zero attached hydrogens (tertiary/aromatic N) is 4. The zero-order valence-electron chi connectivity index (χ0n) is 15.6. The summed E-state index contributed by atoms with van der Waals surface area (Å²) >= 11 is 1.58. The van der Waals surface area contributed by atoms with Gasteiger partial charge in [-0.1, -0.05) is 0 Å². The third-order valence-corrected chi connectivity index (χ3v) is 5.55. The Morgan fingerprint density at radius 2 is 2.21 bits per heavy atom. The van der Waals surface area contributed by atoms with Crippen LogP contribution in [0.3, 0.4) is 0 Å². The molecule has 0 bridgehead atoms. The summed E-state index contributed by atoms with van der Waals surface area (Å²) < 4.78 is 20.1. The lowest BCUT2D eigenvalue weighted by molar-refractivity contribution is 0.278. The molecule has 1 N–H and O–H groups in total. The molecule has 9 heteroatoms. The predicted octanol–water partition coefficient (Wildman–Crippen LogP) is 2.87. The fraction of sp³-hybridized carbons (Fsp3) is 0.368. The molecule has 146 valence electrons. The van der Waals surface area contributed by atoms with Gasteiger partial charge in [0.05, 0.1) is 19.3 Å². The summed E-state index contributed by atoms with van der Waals surface area (Å²) in [6.45, 7) is 2.93. The maximum atomic E-state index is 13.0. The number of thiazole rings is 1. The summed E-state index contributed by atoms with van der Waals surface area (Å²) in [5.41, 5.74) is 1.08. The van der Waals surface area contributed by atoms with Gasteiger partial charge in [-0.3, -0.25) is 9.78 Å². The molecular weight excluding hydrogens is 381 g/mol. The lowest BCUT2D eigenvalue weighted by Gasteiger charge is -2.10. The molecule has 3 aromatic heterocycles. The third kappa shape index (κ3) is 4.19. The lowest BCUT2D eigenvalue weighted by atomic mass is 10.2.